The zero-order valence-electron chi connectivity index (χ0n) is 11.6. The summed E-state index contributed by atoms with van der Waals surface area (Å²) >= 11 is 3.99. The maximum atomic E-state index is 6.01. The number of hydrogen-bond donors (Lipinski definition) is 1. The SMILES string of the molecule is CC(C)(C)c1ccc(C(CN)N2CCSCC2)s1. The first-order valence-electron chi connectivity index (χ1n) is 6.64. The molecule has 0 amide bonds. The molecule has 0 aliphatic carbocycles. The maximum absolute atomic E-state index is 6.01. The van der Waals surface area contributed by atoms with Gasteiger partial charge in [-0.2, -0.15) is 11.8 Å². The van der Waals surface area contributed by atoms with E-state index >= 15 is 0 Å². The lowest BCUT2D eigenvalue weighted by Crippen LogP contribution is -2.39. The molecule has 1 aliphatic heterocycles. The second-order valence-corrected chi connectivity index (χ2v) is 8.19. The van der Waals surface area contributed by atoms with Crippen LogP contribution in [0.25, 0.3) is 0 Å². The van der Waals surface area contributed by atoms with Gasteiger partial charge in [0.25, 0.3) is 0 Å². The molecule has 2 nitrogen and oxygen atoms in total. The molecule has 1 aliphatic rings. The van der Waals surface area contributed by atoms with Crippen LogP contribution in [-0.4, -0.2) is 36.0 Å². The Morgan fingerprint density at radius 1 is 1.28 bits per heavy atom. The Balaban J connectivity index is 2.14. The highest BCUT2D eigenvalue weighted by molar-refractivity contribution is 7.99. The van der Waals surface area contributed by atoms with Crippen molar-refractivity contribution in [3.05, 3.63) is 21.9 Å². The van der Waals surface area contributed by atoms with Gasteiger partial charge in [-0.05, 0) is 17.5 Å². The van der Waals surface area contributed by atoms with E-state index in [9.17, 15) is 0 Å². The van der Waals surface area contributed by atoms with Gasteiger partial charge in [0.05, 0.1) is 6.04 Å². The van der Waals surface area contributed by atoms with Crippen LogP contribution < -0.4 is 5.73 Å². The average molecular weight is 284 g/mol. The van der Waals surface area contributed by atoms with E-state index in [4.69, 9.17) is 5.73 Å². The number of hydrogen-bond acceptors (Lipinski definition) is 4. The Morgan fingerprint density at radius 3 is 2.44 bits per heavy atom. The largest absolute Gasteiger partial charge is 0.329 e. The molecule has 2 N–H and O–H groups in total. The van der Waals surface area contributed by atoms with Gasteiger partial charge in [0.15, 0.2) is 0 Å². The number of nitrogens with zero attached hydrogens (tertiary/aromatic N) is 1. The van der Waals surface area contributed by atoms with Gasteiger partial charge in [-0.3, -0.25) is 4.90 Å². The Labute approximate surface area is 119 Å². The predicted molar refractivity (Wildman–Crippen MR) is 83.7 cm³/mol. The molecule has 2 heterocycles. The molecule has 1 aromatic heterocycles. The monoisotopic (exact) mass is 284 g/mol. The van der Waals surface area contributed by atoms with E-state index in [1.165, 1.54) is 34.3 Å². The first kappa shape index (κ1) is 14.4. The van der Waals surface area contributed by atoms with Crippen molar-refractivity contribution >= 4 is 23.1 Å². The Hall–Kier alpha value is -0.0300. The van der Waals surface area contributed by atoms with Gasteiger partial charge in [-0.15, -0.1) is 11.3 Å². The first-order valence-corrected chi connectivity index (χ1v) is 8.61. The van der Waals surface area contributed by atoms with Crippen LogP contribution in [0.4, 0.5) is 0 Å². The predicted octanol–water partition coefficient (Wildman–Crippen LogP) is 3.09. The molecule has 0 aromatic carbocycles. The summed E-state index contributed by atoms with van der Waals surface area (Å²) in [6.45, 7) is 9.91. The van der Waals surface area contributed by atoms with Crippen molar-refractivity contribution < 1.29 is 0 Å². The van der Waals surface area contributed by atoms with Gasteiger partial charge in [-0.1, -0.05) is 20.8 Å². The zero-order valence-corrected chi connectivity index (χ0v) is 13.2. The highest BCUT2D eigenvalue weighted by atomic mass is 32.2. The summed E-state index contributed by atoms with van der Waals surface area (Å²) in [6, 6.07) is 4.98. The Morgan fingerprint density at radius 2 is 1.94 bits per heavy atom. The summed E-state index contributed by atoms with van der Waals surface area (Å²) in [5.74, 6) is 2.49. The summed E-state index contributed by atoms with van der Waals surface area (Å²) in [5.41, 5.74) is 6.26. The van der Waals surface area contributed by atoms with E-state index < -0.39 is 0 Å². The van der Waals surface area contributed by atoms with E-state index in [1.807, 2.05) is 11.3 Å². The van der Waals surface area contributed by atoms with Crippen LogP contribution in [0.2, 0.25) is 0 Å². The zero-order chi connectivity index (χ0) is 13.2. The lowest BCUT2D eigenvalue weighted by Gasteiger charge is -2.33. The fraction of sp³-hybridized carbons (Fsp3) is 0.714. The van der Waals surface area contributed by atoms with Crippen LogP contribution in [0.3, 0.4) is 0 Å². The van der Waals surface area contributed by atoms with Crippen LogP contribution >= 0.6 is 23.1 Å². The molecule has 0 radical (unpaired) electrons. The first-order chi connectivity index (χ1) is 8.52. The molecule has 1 aromatic rings. The molecule has 1 saturated heterocycles. The van der Waals surface area contributed by atoms with Crippen LogP contribution in [0.5, 0.6) is 0 Å². The minimum absolute atomic E-state index is 0.250. The van der Waals surface area contributed by atoms with Crippen molar-refractivity contribution in [2.75, 3.05) is 31.1 Å². The third-order valence-corrected chi connectivity index (χ3v) is 5.96. The van der Waals surface area contributed by atoms with Crippen LogP contribution in [0.1, 0.15) is 36.6 Å². The molecule has 4 heteroatoms. The standard InChI is InChI=1S/C14H24N2S2/c1-14(2,3)13-5-4-12(18-13)11(10-15)16-6-8-17-9-7-16/h4-5,11H,6-10,15H2,1-3H3. The van der Waals surface area contributed by atoms with Crippen molar-refractivity contribution in [1.29, 1.82) is 0 Å². The molecule has 1 fully saturated rings. The van der Waals surface area contributed by atoms with E-state index in [-0.39, 0.29) is 5.41 Å². The third-order valence-electron chi connectivity index (χ3n) is 3.40. The number of nitrogens with two attached hydrogens (primary N) is 1. The maximum Gasteiger partial charge on any atom is 0.0564 e. The minimum atomic E-state index is 0.250. The second-order valence-electron chi connectivity index (χ2n) is 5.85. The van der Waals surface area contributed by atoms with Crippen molar-refractivity contribution in [2.24, 2.45) is 5.73 Å². The molecular weight excluding hydrogens is 260 g/mol. The summed E-state index contributed by atoms with van der Waals surface area (Å²) < 4.78 is 0. The third kappa shape index (κ3) is 3.29. The van der Waals surface area contributed by atoms with Crippen LogP contribution in [0, 0.1) is 0 Å². The number of thioether (sulfide) groups is 1. The fourth-order valence-corrected chi connectivity index (χ4v) is 4.41. The second kappa shape index (κ2) is 5.95. The highest BCUT2D eigenvalue weighted by Gasteiger charge is 2.24. The molecule has 102 valence electrons. The molecule has 1 atom stereocenters. The molecule has 18 heavy (non-hydrogen) atoms. The Kier molecular flexibility index (Phi) is 4.75. The quantitative estimate of drug-likeness (QED) is 0.925. The topological polar surface area (TPSA) is 29.3 Å². The lowest BCUT2D eigenvalue weighted by molar-refractivity contribution is 0.226. The van der Waals surface area contributed by atoms with Crippen LogP contribution in [0.15, 0.2) is 12.1 Å². The van der Waals surface area contributed by atoms with E-state index in [0.717, 1.165) is 6.54 Å². The van der Waals surface area contributed by atoms with Gasteiger partial charge in [-0.25, -0.2) is 0 Å². The van der Waals surface area contributed by atoms with Gasteiger partial charge in [0, 0.05) is 40.9 Å². The average Bonchev–Trinajstić information content (AvgIpc) is 2.81. The summed E-state index contributed by atoms with van der Waals surface area (Å²) in [6.07, 6.45) is 0. The van der Waals surface area contributed by atoms with Gasteiger partial charge in [0.2, 0.25) is 0 Å². The van der Waals surface area contributed by atoms with Crippen molar-refractivity contribution in [3.8, 4) is 0 Å². The highest BCUT2D eigenvalue weighted by Crippen LogP contribution is 2.34. The number of thiophene rings is 1. The molecule has 1 unspecified atom stereocenters. The Bertz CT molecular complexity index is 375. The van der Waals surface area contributed by atoms with Gasteiger partial charge in [0.1, 0.15) is 0 Å². The van der Waals surface area contributed by atoms with E-state index in [1.54, 1.807) is 0 Å². The fourth-order valence-electron chi connectivity index (χ4n) is 2.27. The minimum Gasteiger partial charge on any atom is -0.329 e. The molecular formula is C14H24N2S2. The molecule has 0 bridgehead atoms. The summed E-state index contributed by atoms with van der Waals surface area (Å²) in [7, 11) is 0. The number of rotatable bonds is 3. The van der Waals surface area contributed by atoms with Crippen LogP contribution in [-0.2, 0) is 5.41 Å². The normalized spacial score (nSPS) is 20.0. The van der Waals surface area contributed by atoms with E-state index in [0.29, 0.717) is 6.04 Å². The molecule has 2 rings (SSSR count). The van der Waals surface area contributed by atoms with Crippen molar-refractivity contribution in [2.45, 2.75) is 32.2 Å². The van der Waals surface area contributed by atoms with Gasteiger partial charge >= 0.3 is 0 Å². The van der Waals surface area contributed by atoms with Crippen molar-refractivity contribution in [1.82, 2.24) is 4.90 Å². The van der Waals surface area contributed by atoms with Crippen molar-refractivity contribution in [3.63, 3.8) is 0 Å². The smallest absolute Gasteiger partial charge is 0.0564 e. The summed E-state index contributed by atoms with van der Waals surface area (Å²) in [5, 5.41) is 0. The molecule has 0 saturated carbocycles. The molecule has 0 spiro atoms. The summed E-state index contributed by atoms with van der Waals surface area (Å²) in [4.78, 5) is 5.45. The van der Waals surface area contributed by atoms with Gasteiger partial charge < -0.3 is 5.73 Å². The van der Waals surface area contributed by atoms with E-state index in [2.05, 4.69) is 49.6 Å². The lowest BCUT2D eigenvalue weighted by atomic mass is 9.95.